The average Bonchev–Trinajstić information content (AvgIpc) is 3.25. The van der Waals surface area contributed by atoms with Crippen LogP contribution >= 0.6 is 0 Å². The highest BCUT2D eigenvalue weighted by Gasteiger charge is 2.32. The number of H-pyrrole nitrogens is 1. The standard InChI is InChI=1S/C21H23N5O3/c1-2-4-17(21(28)29)18(20-23-25-26-24-20)12-13-5-3-6-16(11-13)14-7-9-15(10-8-14)19(22)27/h3,5-11,17-18H,2,4,12H2,1H3,(H2,22,27)(H,28,29)(H,23,24,25,26)/t17-,18-/m0/s1. The number of aliphatic carboxylic acids is 1. The molecule has 150 valence electrons. The lowest BCUT2D eigenvalue weighted by Crippen LogP contribution is -2.25. The Morgan fingerprint density at radius 2 is 1.90 bits per heavy atom. The first-order valence-corrected chi connectivity index (χ1v) is 9.45. The van der Waals surface area contributed by atoms with Gasteiger partial charge in [-0.1, -0.05) is 55.0 Å². The van der Waals surface area contributed by atoms with Crippen LogP contribution in [0.25, 0.3) is 11.1 Å². The fourth-order valence-corrected chi connectivity index (χ4v) is 3.51. The summed E-state index contributed by atoms with van der Waals surface area (Å²) in [5, 5.41) is 23.9. The molecule has 1 aromatic heterocycles. The Morgan fingerprint density at radius 1 is 1.14 bits per heavy atom. The number of carboxylic acids is 1. The van der Waals surface area contributed by atoms with Crippen LogP contribution in [-0.4, -0.2) is 37.6 Å². The van der Waals surface area contributed by atoms with Gasteiger partial charge in [0.25, 0.3) is 0 Å². The molecule has 0 saturated carbocycles. The van der Waals surface area contributed by atoms with E-state index < -0.39 is 23.7 Å². The highest BCUT2D eigenvalue weighted by molar-refractivity contribution is 5.93. The first kappa shape index (κ1) is 20.2. The quantitative estimate of drug-likeness (QED) is 0.511. The lowest BCUT2D eigenvalue weighted by molar-refractivity contribution is -0.143. The molecule has 3 rings (SSSR count). The van der Waals surface area contributed by atoms with E-state index in [1.807, 2.05) is 43.3 Å². The highest BCUT2D eigenvalue weighted by Crippen LogP contribution is 2.31. The summed E-state index contributed by atoms with van der Waals surface area (Å²) in [7, 11) is 0. The minimum atomic E-state index is -0.861. The molecule has 1 heterocycles. The predicted octanol–water partition coefficient (Wildman–Crippen LogP) is 2.79. The Morgan fingerprint density at radius 3 is 2.48 bits per heavy atom. The Bertz CT molecular complexity index is 970. The number of tetrazole rings is 1. The van der Waals surface area contributed by atoms with Gasteiger partial charge in [0.05, 0.1) is 5.92 Å². The molecule has 0 aliphatic heterocycles. The van der Waals surface area contributed by atoms with E-state index in [1.54, 1.807) is 12.1 Å². The van der Waals surface area contributed by atoms with Crippen molar-refractivity contribution in [2.45, 2.75) is 32.1 Å². The van der Waals surface area contributed by atoms with Crippen molar-refractivity contribution in [1.29, 1.82) is 0 Å². The summed E-state index contributed by atoms with van der Waals surface area (Å²) in [4.78, 5) is 23.1. The van der Waals surface area contributed by atoms with Gasteiger partial charge in [-0.25, -0.2) is 0 Å². The number of aromatic amines is 1. The molecule has 0 saturated heterocycles. The second-order valence-corrected chi connectivity index (χ2v) is 6.96. The topological polar surface area (TPSA) is 135 Å². The Hall–Kier alpha value is -3.55. The van der Waals surface area contributed by atoms with E-state index in [2.05, 4.69) is 20.6 Å². The van der Waals surface area contributed by atoms with Gasteiger partial charge in [-0.3, -0.25) is 9.59 Å². The third-order valence-corrected chi connectivity index (χ3v) is 4.98. The largest absolute Gasteiger partial charge is 0.481 e. The van der Waals surface area contributed by atoms with Gasteiger partial charge in [0.15, 0.2) is 5.82 Å². The van der Waals surface area contributed by atoms with E-state index in [0.717, 1.165) is 23.1 Å². The number of nitrogens with zero attached hydrogens (tertiary/aromatic N) is 3. The minimum Gasteiger partial charge on any atom is -0.481 e. The van der Waals surface area contributed by atoms with Crippen molar-refractivity contribution < 1.29 is 14.7 Å². The lowest BCUT2D eigenvalue weighted by atomic mass is 9.83. The number of hydrogen-bond donors (Lipinski definition) is 3. The fraction of sp³-hybridized carbons (Fsp3) is 0.286. The molecule has 0 aliphatic rings. The third-order valence-electron chi connectivity index (χ3n) is 4.98. The summed E-state index contributed by atoms with van der Waals surface area (Å²) in [6.45, 7) is 1.96. The van der Waals surface area contributed by atoms with Crippen molar-refractivity contribution in [3.63, 3.8) is 0 Å². The fourth-order valence-electron chi connectivity index (χ4n) is 3.51. The molecule has 0 radical (unpaired) electrons. The van der Waals surface area contributed by atoms with E-state index in [9.17, 15) is 14.7 Å². The molecule has 0 bridgehead atoms. The van der Waals surface area contributed by atoms with E-state index >= 15 is 0 Å². The first-order valence-electron chi connectivity index (χ1n) is 9.45. The number of nitrogens with two attached hydrogens (primary N) is 1. The van der Waals surface area contributed by atoms with Crippen LogP contribution < -0.4 is 5.73 Å². The van der Waals surface area contributed by atoms with Gasteiger partial charge in [0, 0.05) is 11.5 Å². The molecule has 4 N–H and O–H groups in total. The number of nitrogens with one attached hydrogen (secondary N) is 1. The number of carboxylic acid groups (broad SMARTS) is 1. The summed E-state index contributed by atoms with van der Waals surface area (Å²) >= 11 is 0. The summed E-state index contributed by atoms with van der Waals surface area (Å²) < 4.78 is 0. The molecule has 0 spiro atoms. The van der Waals surface area contributed by atoms with Gasteiger partial charge < -0.3 is 10.8 Å². The van der Waals surface area contributed by atoms with Crippen LogP contribution in [0.5, 0.6) is 0 Å². The number of carbonyl (C=O) groups is 2. The summed E-state index contributed by atoms with van der Waals surface area (Å²) in [6.07, 6.45) is 1.75. The highest BCUT2D eigenvalue weighted by atomic mass is 16.4. The Labute approximate surface area is 168 Å². The molecule has 2 atom stereocenters. The zero-order chi connectivity index (χ0) is 20.8. The van der Waals surface area contributed by atoms with Crippen LogP contribution in [0.15, 0.2) is 48.5 Å². The Balaban J connectivity index is 1.89. The SMILES string of the molecule is CCC[C@H](C(=O)O)[C@H](Cc1cccc(-c2ccc(C(N)=O)cc2)c1)c1nn[nH]n1. The minimum absolute atomic E-state index is 0.390. The molecule has 3 aromatic rings. The molecule has 0 unspecified atom stereocenters. The maximum absolute atomic E-state index is 11.9. The van der Waals surface area contributed by atoms with Gasteiger partial charge in [0.1, 0.15) is 0 Å². The van der Waals surface area contributed by atoms with Crippen molar-refractivity contribution in [1.82, 2.24) is 20.6 Å². The molecule has 29 heavy (non-hydrogen) atoms. The lowest BCUT2D eigenvalue weighted by Gasteiger charge is -2.21. The number of primary amides is 1. The number of hydrogen-bond acceptors (Lipinski definition) is 5. The monoisotopic (exact) mass is 393 g/mol. The van der Waals surface area contributed by atoms with Gasteiger partial charge in [-0.15, -0.1) is 10.2 Å². The zero-order valence-electron chi connectivity index (χ0n) is 16.1. The number of aromatic nitrogens is 4. The van der Waals surface area contributed by atoms with Gasteiger partial charge in [0.2, 0.25) is 5.91 Å². The molecule has 8 heteroatoms. The van der Waals surface area contributed by atoms with Crippen LogP contribution in [0.4, 0.5) is 0 Å². The molecule has 0 aliphatic carbocycles. The van der Waals surface area contributed by atoms with Crippen molar-refractivity contribution in [2.75, 3.05) is 0 Å². The van der Waals surface area contributed by atoms with Gasteiger partial charge >= 0.3 is 5.97 Å². The maximum atomic E-state index is 11.9. The molecule has 2 aromatic carbocycles. The predicted molar refractivity (Wildman–Crippen MR) is 107 cm³/mol. The van der Waals surface area contributed by atoms with Crippen molar-refractivity contribution in [3.05, 3.63) is 65.5 Å². The van der Waals surface area contributed by atoms with E-state index in [1.165, 1.54) is 0 Å². The normalized spacial score (nSPS) is 13.0. The van der Waals surface area contributed by atoms with E-state index in [-0.39, 0.29) is 0 Å². The second kappa shape index (κ2) is 9.09. The van der Waals surface area contributed by atoms with Crippen molar-refractivity contribution in [2.24, 2.45) is 11.7 Å². The number of carbonyl (C=O) groups excluding carboxylic acids is 1. The van der Waals surface area contributed by atoms with Crippen molar-refractivity contribution >= 4 is 11.9 Å². The number of amides is 1. The summed E-state index contributed by atoms with van der Waals surface area (Å²) in [5.74, 6) is -1.92. The smallest absolute Gasteiger partial charge is 0.307 e. The summed E-state index contributed by atoms with van der Waals surface area (Å²) in [5.41, 5.74) is 8.63. The maximum Gasteiger partial charge on any atom is 0.307 e. The van der Waals surface area contributed by atoms with Crippen LogP contribution in [0.3, 0.4) is 0 Å². The molecular formula is C21H23N5O3. The zero-order valence-corrected chi connectivity index (χ0v) is 16.1. The number of rotatable bonds is 9. The second-order valence-electron chi connectivity index (χ2n) is 6.96. The first-order chi connectivity index (χ1) is 14.0. The van der Waals surface area contributed by atoms with Gasteiger partial charge in [-0.2, -0.15) is 5.21 Å². The van der Waals surface area contributed by atoms with Gasteiger partial charge in [-0.05, 0) is 41.7 Å². The van der Waals surface area contributed by atoms with Crippen molar-refractivity contribution in [3.8, 4) is 11.1 Å². The third kappa shape index (κ3) is 4.84. The average molecular weight is 393 g/mol. The molecule has 8 nitrogen and oxygen atoms in total. The molecule has 0 fully saturated rings. The summed E-state index contributed by atoms with van der Waals surface area (Å²) in [6, 6.07) is 14.9. The van der Waals surface area contributed by atoms with E-state index in [4.69, 9.17) is 5.73 Å². The van der Waals surface area contributed by atoms with E-state index in [0.29, 0.717) is 24.2 Å². The van der Waals surface area contributed by atoms with Crippen LogP contribution in [-0.2, 0) is 11.2 Å². The van der Waals surface area contributed by atoms with Crippen LogP contribution in [0.2, 0.25) is 0 Å². The van der Waals surface area contributed by atoms with Crippen LogP contribution in [0.1, 0.15) is 47.4 Å². The molecular weight excluding hydrogens is 370 g/mol. The number of benzene rings is 2. The van der Waals surface area contributed by atoms with Crippen LogP contribution in [0, 0.1) is 5.92 Å². The molecule has 1 amide bonds. The Kier molecular flexibility index (Phi) is 6.33.